The topological polar surface area (TPSA) is 58.1 Å². The second-order valence-electron chi connectivity index (χ2n) is 6.88. The van der Waals surface area contributed by atoms with Crippen molar-refractivity contribution in [3.8, 4) is 11.3 Å². The third kappa shape index (κ3) is 4.39. The number of aromatic nitrogens is 2. The molecule has 1 aliphatic heterocycles. The molecule has 5 nitrogen and oxygen atoms in total. The van der Waals surface area contributed by atoms with E-state index in [4.69, 9.17) is 0 Å². The fourth-order valence-electron chi connectivity index (χ4n) is 3.44. The number of carbonyl (C=O) groups excluding carboxylic acids is 1. The smallest absolute Gasteiger partial charge is 0.227 e. The van der Waals surface area contributed by atoms with Gasteiger partial charge in [-0.3, -0.25) is 4.79 Å². The van der Waals surface area contributed by atoms with Crippen LogP contribution in [-0.4, -0.2) is 29.0 Å². The van der Waals surface area contributed by atoms with E-state index < -0.39 is 0 Å². The SMILES string of the molecule is O=C(Nc1ccc(Br)cc1)C1CCN(c2cc(-c3ccccc3)ncn2)CC1. The first-order valence-electron chi connectivity index (χ1n) is 9.38. The van der Waals surface area contributed by atoms with Crippen molar-refractivity contribution in [2.45, 2.75) is 12.8 Å². The molecule has 0 radical (unpaired) electrons. The number of rotatable bonds is 4. The third-order valence-electron chi connectivity index (χ3n) is 5.02. The van der Waals surface area contributed by atoms with Gasteiger partial charge in [0, 0.05) is 40.8 Å². The van der Waals surface area contributed by atoms with Crippen molar-refractivity contribution in [1.82, 2.24) is 9.97 Å². The number of benzene rings is 2. The van der Waals surface area contributed by atoms with E-state index >= 15 is 0 Å². The minimum absolute atomic E-state index is 0.0235. The summed E-state index contributed by atoms with van der Waals surface area (Å²) >= 11 is 3.41. The number of hydrogen-bond donors (Lipinski definition) is 1. The lowest BCUT2D eigenvalue weighted by Crippen LogP contribution is -2.38. The van der Waals surface area contributed by atoms with Crippen molar-refractivity contribution in [2.24, 2.45) is 5.92 Å². The van der Waals surface area contributed by atoms with Gasteiger partial charge in [0.1, 0.15) is 12.1 Å². The normalized spacial score (nSPS) is 14.7. The standard InChI is InChI=1S/C22H21BrN4O/c23-18-6-8-19(9-7-18)26-22(28)17-10-12-27(13-11-17)21-14-20(24-15-25-21)16-4-2-1-3-5-16/h1-9,14-15,17H,10-13H2,(H,26,28). The van der Waals surface area contributed by atoms with Crippen molar-refractivity contribution in [1.29, 1.82) is 0 Å². The van der Waals surface area contributed by atoms with Crippen LogP contribution in [0.5, 0.6) is 0 Å². The van der Waals surface area contributed by atoms with Crippen LogP contribution in [-0.2, 0) is 4.79 Å². The maximum atomic E-state index is 12.6. The first-order chi connectivity index (χ1) is 13.7. The molecule has 1 amide bonds. The van der Waals surface area contributed by atoms with Gasteiger partial charge in [-0.15, -0.1) is 0 Å². The van der Waals surface area contributed by atoms with Crippen LogP contribution in [0.2, 0.25) is 0 Å². The molecule has 0 saturated carbocycles. The molecule has 142 valence electrons. The Hall–Kier alpha value is -2.73. The molecule has 28 heavy (non-hydrogen) atoms. The van der Waals surface area contributed by atoms with Gasteiger partial charge in [-0.05, 0) is 37.1 Å². The number of piperidine rings is 1. The molecule has 0 bridgehead atoms. The summed E-state index contributed by atoms with van der Waals surface area (Å²) in [5, 5.41) is 3.02. The Balaban J connectivity index is 1.37. The van der Waals surface area contributed by atoms with Gasteiger partial charge in [0.15, 0.2) is 0 Å². The largest absolute Gasteiger partial charge is 0.356 e. The summed E-state index contributed by atoms with van der Waals surface area (Å²) in [6.45, 7) is 1.62. The number of nitrogens with zero attached hydrogens (tertiary/aromatic N) is 3. The molecule has 0 aliphatic carbocycles. The minimum atomic E-state index is 0.0235. The van der Waals surface area contributed by atoms with Crippen LogP contribution in [0.25, 0.3) is 11.3 Å². The number of nitrogens with one attached hydrogen (secondary N) is 1. The maximum Gasteiger partial charge on any atom is 0.227 e. The van der Waals surface area contributed by atoms with Gasteiger partial charge < -0.3 is 10.2 Å². The quantitative estimate of drug-likeness (QED) is 0.640. The molecule has 2 heterocycles. The van der Waals surface area contributed by atoms with E-state index in [2.05, 4.69) is 36.1 Å². The molecule has 4 rings (SSSR count). The Kier molecular flexibility index (Phi) is 5.67. The number of hydrogen-bond acceptors (Lipinski definition) is 4. The van der Waals surface area contributed by atoms with Crippen molar-refractivity contribution in [3.63, 3.8) is 0 Å². The monoisotopic (exact) mass is 436 g/mol. The van der Waals surface area contributed by atoms with E-state index in [9.17, 15) is 4.79 Å². The zero-order valence-electron chi connectivity index (χ0n) is 15.4. The third-order valence-corrected chi connectivity index (χ3v) is 5.55. The predicted octanol–water partition coefficient (Wildman–Crippen LogP) is 4.76. The molecule has 1 aliphatic rings. The molecule has 0 atom stereocenters. The molecule has 1 aromatic heterocycles. The van der Waals surface area contributed by atoms with Crippen LogP contribution in [0.1, 0.15) is 12.8 Å². The van der Waals surface area contributed by atoms with E-state index in [1.54, 1.807) is 6.33 Å². The zero-order valence-corrected chi connectivity index (χ0v) is 17.0. The van der Waals surface area contributed by atoms with Crippen LogP contribution < -0.4 is 10.2 Å². The molecular weight excluding hydrogens is 416 g/mol. The van der Waals surface area contributed by atoms with Gasteiger partial charge >= 0.3 is 0 Å². The van der Waals surface area contributed by atoms with Gasteiger partial charge in [-0.2, -0.15) is 0 Å². The zero-order chi connectivity index (χ0) is 19.3. The maximum absolute atomic E-state index is 12.6. The average molecular weight is 437 g/mol. The van der Waals surface area contributed by atoms with Crippen molar-refractivity contribution >= 4 is 33.3 Å². The van der Waals surface area contributed by atoms with Crippen LogP contribution in [0, 0.1) is 5.92 Å². The van der Waals surface area contributed by atoms with Gasteiger partial charge in [-0.25, -0.2) is 9.97 Å². The van der Waals surface area contributed by atoms with Crippen LogP contribution >= 0.6 is 15.9 Å². The number of anilines is 2. The molecule has 1 saturated heterocycles. The highest BCUT2D eigenvalue weighted by atomic mass is 79.9. The lowest BCUT2D eigenvalue weighted by atomic mass is 9.95. The molecular formula is C22H21BrN4O. The summed E-state index contributed by atoms with van der Waals surface area (Å²) in [5.41, 5.74) is 2.83. The Bertz CT molecular complexity index is 938. The summed E-state index contributed by atoms with van der Waals surface area (Å²) in [6, 6.07) is 19.8. The summed E-state index contributed by atoms with van der Waals surface area (Å²) < 4.78 is 0.999. The summed E-state index contributed by atoms with van der Waals surface area (Å²) in [6.07, 6.45) is 3.24. The number of halogens is 1. The van der Waals surface area contributed by atoms with Gasteiger partial charge in [0.05, 0.1) is 5.69 Å². The van der Waals surface area contributed by atoms with Crippen LogP contribution in [0.3, 0.4) is 0 Å². The first kappa shape index (κ1) is 18.6. The second-order valence-corrected chi connectivity index (χ2v) is 7.80. The van der Waals surface area contributed by atoms with E-state index in [1.807, 2.05) is 60.7 Å². The molecule has 6 heteroatoms. The molecule has 0 unspecified atom stereocenters. The van der Waals surface area contributed by atoms with E-state index in [0.29, 0.717) is 0 Å². The summed E-state index contributed by atoms with van der Waals surface area (Å²) in [5.74, 6) is 1.03. The van der Waals surface area contributed by atoms with Crippen molar-refractivity contribution < 1.29 is 4.79 Å². The van der Waals surface area contributed by atoms with E-state index in [0.717, 1.165) is 53.2 Å². The van der Waals surface area contributed by atoms with E-state index in [1.165, 1.54) is 0 Å². The summed E-state index contributed by atoms with van der Waals surface area (Å²) in [7, 11) is 0. The Morgan fingerprint density at radius 1 is 1.00 bits per heavy atom. The molecule has 3 aromatic rings. The highest BCUT2D eigenvalue weighted by Crippen LogP contribution is 2.26. The van der Waals surface area contributed by atoms with Gasteiger partial charge in [-0.1, -0.05) is 46.3 Å². The lowest BCUT2D eigenvalue weighted by molar-refractivity contribution is -0.120. The van der Waals surface area contributed by atoms with Crippen molar-refractivity contribution in [2.75, 3.05) is 23.3 Å². The Morgan fingerprint density at radius 2 is 1.71 bits per heavy atom. The number of amides is 1. The minimum Gasteiger partial charge on any atom is -0.356 e. The fourth-order valence-corrected chi connectivity index (χ4v) is 3.70. The summed E-state index contributed by atoms with van der Waals surface area (Å²) in [4.78, 5) is 23.6. The Morgan fingerprint density at radius 3 is 2.43 bits per heavy atom. The molecule has 2 aromatic carbocycles. The predicted molar refractivity (Wildman–Crippen MR) is 115 cm³/mol. The average Bonchev–Trinajstić information content (AvgIpc) is 2.76. The molecule has 1 fully saturated rings. The number of carbonyl (C=O) groups is 1. The fraction of sp³-hybridized carbons (Fsp3) is 0.227. The highest BCUT2D eigenvalue weighted by molar-refractivity contribution is 9.10. The lowest BCUT2D eigenvalue weighted by Gasteiger charge is -2.32. The van der Waals surface area contributed by atoms with E-state index in [-0.39, 0.29) is 11.8 Å². The van der Waals surface area contributed by atoms with Crippen LogP contribution in [0.15, 0.2) is 71.5 Å². The van der Waals surface area contributed by atoms with Gasteiger partial charge in [0.25, 0.3) is 0 Å². The van der Waals surface area contributed by atoms with Gasteiger partial charge in [0.2, 0.25) is 5.91 Å². The Labute approximate surface area is 173 Å². The molecule has 1 N–H and O–H groups in total. The molecule has 0 spiro atoms. The highest BCUT2D eigenvalue weighted by Gasteiger charge is 2.26. The first-order valence-corrected chi connectivity index (χ1v) is 10.2. The second kappa shape index (κ2) is 8.52. The van der Waals surface area contributed by atoms with Crippen LogP contribution in [0.4, 0.5) is 11.5 Å². The van der Waals surface area contributed by atoms with Crippen molar-refractivity contribution in [3.05, 3.63) is 71.5 Å².